The summed E-state index contributed by atoms with van der Waals surface area (Å²) in [7, 11) is 0. The van der Waals surface area contributed by atoms with Crippen LogP contribution in [0.5, 0.6) is 0 Å². The zero-order chi connectivity index (χ0) is 14.4. The summed E-state index contributed by atoms with van der Waals surface area (Å²) in [5.74, 6) is -0.800. The van der Waals surface area contributed by atoms with E-state index in [4.69, 9.17) is 11.6 Å². The lowest BCUT2D eigenvalue weighted by molar-refractivity contribution is -0.117. The fourth-order valence-electron chi connectivity index (χ4n) is 1.22. The van der Waals surface area contributed by atoms with Gasteiger partial charge < -0.3 is 5.11 Å². The van der Waals surface area contributed by atoms with Gasteiger partial charge in [0.15, 0.2) is 0 Å². The molecular weight excluding hydrogens is 286 g/mol. The van der Waals surface area contributed by atoms with Crippen molar-refractivity contribution in [1.82, 2.24) is 5.32 Å². The van der Waals surface area contributed by atoms with Crippen molar-refractivity contribution in [2.75, 3.05) is 5.75 Å². The van der Waals surface area contributed by atoms with Crippen molar-refractivity contribution < 1.29 is 14.7 Å². The molecule has 0 aliphatic carbocycles. The highest BCUT2D eigenvalue weighted by molar-refractivity contribution is 8.00. The van der Waals surface area contributed by atoms with Crippen LogP contribution in [0.25, 0.3) is 0 Å². The largest absolute Gasteiger partial charge is 0.392 e. The normalized spacial score (nSPS) is 13.7. The number of benzene rings is 1. The lowest BCUT2D eigenvalue weighted by atomic mass is 10.2. The van der Waals surface area contributed by atoms with Crippen molar-refractivity contribution in [2.45, 2.75) is 25.2 Å². The number of nitrogens with one attached hydrogen (secondary N) is 1. The summed E-state index contributed by atoms with van der Waals surface area (Å²) in [6, 6.07) is 6.53. The van der Waals surface area contributed by atoms with Crippen LogP contribution in [0, 0.1) is 0 Å². The summed E-state index contributed by atoms with van der Waals surface area (Å²) in [5.41, 5.74) is 0.270. The van der Waals surface area contributed by atoms with E-state index in [-0.39, 0.29) is 16.6 Å². The molecule has 6 heteroatoms. The Bertz CT molecular complexity index is 465. The number of aliphatic hydroxyl groups excluding tert-OH is 1. The molecule has 104 valence electrons. The number of thioether (sulfide) groups is 1. The fourth-order valence-corrected chi connectivity index (χ4v) is 2.21. The van der Waals surface area contributed by atoms with Crippen molar-refractivity contribution in [3.05, 3.63) is 34.9 Å². The van der Waals surface area contributed by atoms with Crippen LogP contribution >= 0.6 is 23.4 Å². The van der Waals surface area contributed by atoms with Gasteiger partial charge in [0, 0.05) is 5.25 Å². The first kappa shape index (κ1) is 16.0. The first-order valence-electron chi connectivity index (χ1n) is 5.80. The third-order valence-corrected chi connectivity index (χ3v) is 4.21. The van der Waals surface area contributed by atoms with E-state index in [0.29, 0.717) is 5.02 Å². The smallest absolute Gasteiger partial charge is 0.259 e. The predicted octanol–water partition coefficient (Wildman–Crippen LogP) is 2.10. The Morgan fingerprint density at radius 2 is 2.00 bits per heavy atom. The minimum atomic E-state index is -0.513. The molecule has 0 saturated heterocycles. The maximum Gasteiger partial charge on any atom is 0.259 e. The highest BCUT2D eigenvalue weighted by atomic mass is 35.5. The van der Waals surface area contributed by atoms with Crippen LogP contribution in [-0.4, -0.2) is 34.0 Å². The molecule has 2 N–H and O–H groups in total. The van der Waals surface area contributed by atoms with Crippen LogP contribution in [0.4, 0.5) is 0 Å². The van der Waals surface area contributed by atoms with E-state index >= 15 is 0 Å². The van der Waals surface area contributed by atoms with Crippen LogP contribution < -0.4 is 5.32 Å². The third kappa shape index (κ3) is 5.22. The van der Waals surface area contributed by atoms with E-state index in [1.165, 1.54) is 11.8 Å². The molecule has 0 saturated carbocycles. The summed E-state index contributed by atoms with van der Waals surface area (Å²) in [5, 5.41) is 11.8. The standard InChI is InChI=1S/C13H16ClNO3S/c1-8(16)9(2)19-7-12(17)15-13(18)10-5-3-4-6-11(10)14/h3-6,8-9,16H,7H2,1-2H3,(H,15,17,18). The summed E-state index contributed by atoms with van der Waals surface area (Å²) < 4.78 is 0. The molecule has 19 heavy (non-hydrogen) atoms. The number of carbonyl (C=O) groups excluding carboxylic acids is 2. The molecule has 1 rings (SSSR count). The maximum atomic E-state index is 11.8. The predicted molar refractivity (Wildman–Crippen MR) is 77.5 cm³/mol. The van der Waals surface area contributed by atoms with Gasteiger partial charge in [-0.3, -0.25) is 14.9 Å². The second kappa shape index (κ2) is 7.53. The second-order valence-electron chi connectivity index (χ2n) is 4.11. The Hall–Kier alpha value is -1.04. The van der Waals surface area contributed by atoms with Gasteiger partial charge in [-0.15, -0.1) is 11.8 Å². The quantitative estimate of drug-likeness (QED) is 0.874. The molecule has 0 spiro atoms. The number of halogens is 1. The van der Waals surface area contributed by atoms with Crippen molar-refractivity contribution >= 4 is 35.2 Å². The van der Waals surface area contributed by atoms with E-state index < -0.39 is 17.9 Å². The van der Waals surface area contributed by atoms with Crippen molar-refractivity contribution in [1.29, 1.82) is 0 Å². The van der Waals surface area contributed by atoms with Crippen LogP contribution in [0.2, 0.25) is 5.02 Å². The molecule has 0 aliphatic rings. The Morgan fingerprint density at radius 3 is 2.58 bits per heavy atom. The average molecular weight is 302 g/mol. The minimum Gasteiger partial charge on any atom is -0.392 e. The Kier molecular flexibility index (Phi) is 6.34. The van der Waals surface area contributed by atoms with Gasteiger partial charge in [-0.1, -0.05) is 30.7 Å². The van der Waals surface area contributed by atoms with Gasteiger partial charge in [-0.05, 0) is 19.1 Å². The lowest BCUT2D eigenvalue weighted by Crippen LogP contribution is -2.33. The molecule has 1 aromatic carbocycles. The van der Waals surface area contributed by atoms with Gasteiger partial charge in [0.05, 0.1) is 22.4 Å². The molecule has 1 aromatic rings. The number of amides is 2. The minimum absolute atomic E-state index is 0.0684. The first-order valence-corrected chi connectivity index (χ1v) is 7.23. The maximum absolute atomic E-state index is 11.8. The molecule has 0 aliphatic heterocycles. The zero-order valence-electron chi connectivity index (χ0n) is 10.7. The number of rotatable bonds is 5. The second-order valence-corrected chi connectivity index (χ2v) is 5.89. The molecule has 0 aromatic heterocycles. The molecule has 2 unspecified atom stereocenters. The Labute approximate surface area is 121 Å². The van der Waals surface area contributed by atoms with Gasteiger partial charge in [0.2, 0.25) is 5.91 Å². The lowest BCUT2D eigenvalue weighted by Gasteiger charge is -2.13. The Morgan fingerprint density at radius 1 is 1.37 bits per heavy atom. The SMILES string of the molecule is CC(O)C(C)SCC(=O)NC(=O)c1ccccc1Cl. The first-order chi connectivity index (χ1) is 8.91. The van der Waals surface area contributed by atoms with Crippen molar-refractivity contribution in [3.63, 3.8) is 0 Å². The summed E-state index contributed by atoms with van der Waals surface area (Å²) in [6.07, 6.45) is -0.503. The van der Waals surface area contributed by atoms with E-state index in [9.17, 15) is 14.7 Å². The molecule has 0 radical (unpaired) electrons. The van der Waals surface area contributed by atoms with Crippen molar-refractivity contribution in [3.8, 4) is 0 Å². The molecule has 2 amide bonds. The number of aliphatic hydroxyl groups is 1. The van der Waals surface area contributed by atoms with E-state index in [1.54, 1.807) is 31.2 Å². The summed E-state index contributed by atoms with van der Waals surface area (Å²) in [4.78, 5) is 23.4. The molecule has 0 heterocycles. The van der Waals surface area contributed by atoms with Crippen LogP contribution in [-0.2, 0) is 4.79 Å². The number of hydrogen-bond acceptors (Lipinski definition) is 4. The van der Waals surface area contributed by atoms with Crippen molar-refractivity contribution in [2.24, 2.45) is 0 Å². The van der Waals surface area contributed by atoms with Gasteiger partial charge in [-0.2, -0.15) is 0 Å². The van der Waals surface area contributed by atoms with Gasteiger partial charge in [-0.25, -0.2) is 0 Å². The highest BCUT2D eigenvalue weighted by Crippen LogP contribution is 2.15. The van der Waals surface area contributed by atoms with Crippen LogP contribution in [0.3, 0.4) is 0 Å². The zero-order valence-corrected chi connectivity index (χ0v) is 12.3. The fraction of sp³-hybridized carbons (Fsp3) is 0.385. The van der Waals surface area contributed by atoms with Gasteiger partial charge >= 0.3 is 0 Å². The van der Waals surface area contributed by atoms with Gasteiger partial charge in [0.1, 0.15) is 0 Å². The molecule has 0 fully saturated rings. The van der Waals surface area contributed by atoms with E-state index in [1.807, 2.05) is 6.92 Å². The Balaban J connectivity index is 2.49. The molecule has 0 bridgehead atoms. The molecular formula is C13H16ClNO3S. The van der Waals surface area contributed by atoms with Crippen LogP contribution in [0.15, 0.2) is 24.3 Å². The summed E-state index contributed by atoms with van der Waals surface area (Å²) >= 11 is 7.15. The molecule has 2 atom stereocenters. The van der Waals surface area contributed by atoms with E-state index in [2.05, 4.69) is 5.32 Å². The summed E-state index contributed by atoms with van der Waals surface area (Å²) in [6.45, 7) is 3.48. The topological polar surface area (TPSA) is 66.4 Å². The highest BCUT2D eigenvalue weighted by Gasteiger charge is 2.15. The number of imide groups is 1. The molecule has 4 nitrogen and oxygen atoms in total. The number of hydrogen-bond donors (Lipinski definition) is 2. The van der Waals surface area contributed by atoms with E-state index in [0.717, 1.165) is 0 Å². The number of carbonyl (C=O) groups is 2. The van der Waals surface area contributed by atoms with Gasteiger partial charge in [0.25, 0.3) is 5.91 Å². The monoisotopic (exact) mass is 301 g/mol. The van der Waals surface area contributed by atoms with Crippen LogP contribution in [0.1, 0.15) is 24.2 Å². The third-order valence-electron chi connectivity index (χ3n) is 2.53. The average Bonchev–Trinajstić information content (AvgIpc) is 2.36.